The zero-order valence-electron chi connectivity index (χ0n) is 11.7. The van der Waals surface area contributed by atoms with Crippen LogP contribution in [0.5, 0.6) is 0 Å². The molecule has 2 aromatic rings. The van der Waals surface area contributed by atoms with Crippen LogP contribution in [0.15, 0.2) is 42.5 Å². The smallest absolute Gasteiger partial charge is 0.323 e. The fourth-order valence-electron chi connectivity index (χ4n) is 1.71. The van der Waals surface area contributed by atoms with E-state index in [1.807, 2.05) is 31.1 Å². The molecule has 2 N–H and O–H groups in total. The molecule has 0 spiro atoms. The molecule has 6 heteroatoms. The van der Waals surface area contributed by atoms with Crippen LogP contribution in [0.25, 0.3) is 0 Å². The van der Waals surface area contributed by atoms with Gasteiger partial charge in [0.1, 0.15) is 0 Å². The van der Waals surface area contributed by atoms with Crippen LogP contribution >= 0.6 is 0 Å². The Balaban J connectivity index is 1.99. The third-order valence-electron chi connectivity index (χ3n) is 2.82. The van der Waals surface area contributed by atoms with Gasteiger partial charge in [-0.25, -0.2) is 13.6 Å². The van der Waals surface area contributed by atoms with Crippen LogP contribution in [0.3, 0.4) is 0 Å². The molecule has 110 valence electrons. The lowest BCUT2D eigenvalue weighted by molar-refractivity contribution is 0.262. The van der Waals surface area contributed by atoms with Crippen molar-refractivity contribution in [2.75, 3.05) is 29.6 Å². The first-order valence-corrected chi connectivity index (χ1v) is 6.26. The minimum absolute atomic E-state index is 0.177. The molecular formula is C15H15F2N3O. The summed E-state index contributed by atoms with van der Waals surface area (Å²) in [4.78, 5) is 13.7. The molecule has 0 saturated carbocycles. The van der Waals surface area contributed by atoms with Gasteiger partial charge in [-0.2, -0.15) is 0 Å². The molecule has 0 unspecified atom stereocenters. The van der Waals surface area contributed by atoms with Crippen molar-refractivity contribution in [1.29, 1.82) is 0 Å². The highest BCUT2D eigenvalue weighted by Gasteiger charge is 2.06. The lowest BCUT2D eigenvalue weighted by atomic mass is 10.2. The molecule has 0 aliphatic heterocycles. The van der Waals surface area contributed by atoms with Crippen LogP contribution in [0.2, 0.25) is 0 Å². The van der Waals surface area contributed by atoms with E-state index in [-0.39, 0.29) is 5.69 Å². The van der Waals surface area contributed by atoms with Gasteiger partial charge < -0.3 is 15.5 Å². The van der Waals surface area contributed by atoms with E-state index in [9.17, 15) is 13.6 Å². The summed E-state index contributed by atoms with van der Waals surface area (Å²) in [5, 5.41) is 5.03. The molecule has 2 aromatic carbocycles. The first kappa shape index (κ1) is 14.8. The molecule has 0 heterocycles. The molecule has 21 heavy (non-hydrogen) atoms. The second kappa shape index (κ2) is 6.21. The van der Waals surface area contributed by atoms with E-state index in [4.69, 9.17) is 0 Å². The average Bonchev–Trinajstić information content (AvgIpc) is 2.43. The van der Waals surface area contributed by atoms with Gasteiger partial charge in [0.2, 0.25) is 0 Å². The molecule has 2 rings (SSSR count). The van der Waals surface area contributed by atoms with Crippen LogP contribution in [-0.2, 0) is 0 Å². The second-order valence-electron chi connectivity index (χ2n) is 4.65. The Labute approximate surface area is 121 Å². The number of anilines is 3. The minimum Gasteiger partial charge on any atom is -0.378 e. The van der Waals surface area contributed by atoms with Gasteiger partial charge in [0, 0.05) is 37.2 Å². The largest absolute Gasteiger partial charge is 0.378 e. The van der Waals surface area contributed by atoms with Crippen molar-refractivity contribution in [3.05, 3.63) is 54.1 Å². The number of nitrogens with one attached hydrogen (secondary N) is 2. The number of nitrogens with zero attached hydrogens (tertiary/aromatic N) is 1. The summed E-state index contributed by atoms with van der Waals surface area (Å²) in [6.07, 6.45) is 0. The van der Waals surface area contributed by atoms with Gasteiger partial charge in [-0.3, -0.25) is 0 Å². The van der Waals surface area contributed by atoms with Crippen molar-refractivity contribution >= 4 is 23.1 Å². The number of carbonyl (C=O) groups is 1. The van der Waals surface area contributed by atoms with E-state index >= 15 is 0 Å². The van der Waals surface area contributed by atoms with Crippen LogP contribution in [0.1, 0.15) is 0 Å². The molecule has 0 bridgehead atoms. The Bertz CT molecular complexity index is 642. The van der Waals surface area contributed by atoms with Gasteiger partial charge in [0.15, 0.2) is 11.6 Å². The number of halogens is 2. The topological polar surface area (TPSA) is 44.4 Å². The summed E-state index contributed by atoms with van der Waals surface area (Å²) in [6, 6.07) is 9.84. The number of carbonyl (C=O) groups excluding carboxylic acids is 1. The highest BCUT2D eigenvalue weighted by molar-refractivity contribution is 5.99. The van der Waals surface area contributed by atoms with Gasteiger partial charge in [-0.05, 0) is 36.4 Å². The van der Waals surface area contributed by atoms with Crippen molar-refractivity contribution in [2.24, 2.45) is 0 Å². The van der Waals surface area contributed by atoms with Gasteiger partial charge in [0.25, 0.3) is 0 Å². The molecule has 4 nitrogen and oxygen atoms in total. The summed E-state index contributed by atoms with van der Waals surface area (Å²) in [6.45, 7) is 0. The molecule has 0 aromatic heterocycles. The van der Waals surface area contributed by atoms with Crippen molar-refractivity contribution in [3.63, 3.8) is 0 Å². The maximum Gasteiger partial charge on any atom is 0.323 e. The van der Waals surface area contributed by atoms with Crippen LogP contribution in [-0.4, -0.2) is 20.1 Å². The van der Waals surface area contributed by atoms with E-state index in [2.05, 4.69) is 10.6 Å². The number of hydrogen-bond acceptors (Lipinski definition) is 2. The first-order valence-electron chi connectivity index (χ1n) is 6.26. The molecule has 0 radical (unpaired) electrons. The minimum atomic E-state index is -1.01. The van der Waals surface area contributed by atoms with Gasteiger partial charge in [0.05, 0.1) is 0 Å². The Hall–Kier alpha value is -2.63. The van der Waals surface area contributed by atoms with Crippen molar-refractivity contribution in [3.8, 4) is 0 Å². The molecule has 0 aliphatic rings. The Morgan fingerprint density at radius 1 is 0.905 bits per heavy atom. The summed E-state index contributed by atoms with van der Waals surface area (Å²) in [5.74, 6) is -1.97. The monoisotopic (exact) mass is 291 g/mol. The molecule has 0 fully saturated rings. The molecule has 0 saturated heterocycles. The summed E-state index contributed by atoms with van der Waals surface area (Å²) < 4.78 is 25.8. The summed E-state index contributed by atoms with van der Waals surface area (Å²) >= 11 is 0. The third-order valence-corrected chi connectivity index (χ3v) is 2.82. The molecule has 0 aliphatic carbocycles. The number of urea groups is 1. The zero-order valence-corrected chi connectivity index (χ0v) is 11.7. The number of amides is 2. The van der Waals surface area contributed by atoms with E-state index in [0.717, 1.165) is 17.8 Å². The fraction of sp³-hybridized carbons (Fsp3) is 0.133. The van der Waals surface area contributed by atoms with Gasteiger partial charge in [-0.1, -0.05) is 0 Å². The Morgan fingerprint density at radius 2 is 1.48 bits per heavy atom. The highest BCUT2D eigenvalue weighted by atomic mass is 19.2. The maximum absolute atomic E-state index is 13.0. The van der Waals surface area contributed by atoms with Crippen molar-refractivity contribution < 1.29 is 13.6 Å². The maximum atomic E-state index is 13.0. The van der Waals surface area contributed by atoms with E-state index < -0.39 is 17.7 Å². The molecule has 0 atom stereocenters. The third kappa shape index (κ3) is 3.92. The van der Waals surface area contributed by atoms with E-state index in [1.165, 1.54) is 6.07 Å². The highest BCUT2D eigenvalue weighted by Crippen LogP contribution is 2.17. The molecule has 2 amide bonds. The predicted molar refractivity (Wildman–Crippen MR) is 79.8 cm³/mol. The number of rotatable bonds is 3. The van der Waals surface area contributed by atoms with E-state index in [0.29, 0.717) is 5.69 Å². The zero-order chi connectivity index (χ0) is 15.4. The van der Waals surface area contributed by atoms with Crippen LogP contribution in [0.4, 0.5) is 30.6 Å². The van der Waals surface area contributed by atoms with Gasteiger partial charge in [-0.15, -0.1) is 0 Å². The van der Waals surface area contributed by atoms with Gasteiger partial charge >= 0.3 is 6.03 Å². The normalized spacial score (nSPS) is 10.1. The van der Waals surface area contributed by atoms with Crippen LogP contribution < -0.4 is 15.5 Å². The molecular weight excluding hydrogens is 276 g/mol. The van der Waals surface area contributed by atoms with Crippen molar-refractivity contribution in [2.45, 2.75) is 0 Å². The summed E-state index contributed by atoms with van der Waals surface area (Å²) in [7, 11) is 3.83. The van der Waals surface area contributed by atoms with E-state index in [1.54, 1.807) is 12.1 Å². The second-order valence-corrected chi connectivity index (χ2v) is 4.65. The average molecular weight is 291 g/mol. The SMILES string of the molecule is CN(C)c1ccc(NC(=O)Nc2ccc(F)c(F)c2)cc1. The number of hydrogen-bond donors (Lipinski definition) is 2. The standard InChI is InChI=1S/C15H15F2N3O/c1-20(2)12-6-3-10(4-7-12)18-15(21)19-11-5-8-13(16)14(17)9-11/h3-9H,1-2H3,(H2,18,19,21). The van der Waals surface area contributed by atoms with Crippen LogP contribution in [0, 0.1) is 11.6 Å². The fourth-order valence-corrected chi connectivity index (χ4v) is 1.71. The Morgan fingerprint density at radius 3 is 2.05 bits per heavy atom. The quantitative estimate of drug-likeness (QED) is 0.906. The Kier molecular flexibility index (Phi) is 4.37. The van der Waals surface area contributed by atoms with Crippen molar-refractivity contribution in [1.82, 2.24) is 0 Å². The number of benzene rings is 2. The summed E-state index contributed by atoms with van der Waals surface area (Å²) in [5.41, 5.74) is 1.78. The lowest BCUT2D eigenvalue weighted by Crippen LogP contribution is -2.19. The first-order chi connectivity index (χ1) is 9.95. The lowest BCUT2D eigenvalue weighted by Gasteiger charge is -2.13. The predicted octanol–water partition coefficient (Wildman–Crippen LogP) is 3.67.